The molecule has 0 aromatic heterocycles. The number of benzene rings is 1. The minimum atomic E-state index is -3.75. The zero-order valence-corrected chi connectivity index (χ0v) is 12.5. The van der Waals surface area contributed by atoms with E-state index in [0.717, 1.165) is 12.1 Å². The molecule has 1 unspecified atom stereocenters. The van der Waals surface area contributed by atoms with Crippen LogP contribution in [0, 0.1) is 15.5 Å². The quantitative estimate of drug-likeness (QED) is 0.627. The zero-order chi connectivity index (χ0) is 15.6. The maximum Gasteiger partial charge on any atom is 0.269 e. The summed E-state index contributed by atoms with van der Waals surface area (Å²) in [5, 5.41) is 10.5. The van der Waals surface area contributed by atoms with E-state index < -0.39 is 21.0 Å². The molecule has 1 atom stereocenters. The van der Waals surface area contributed by atoms with Gasteiger partial charge in [-0.2, -0.15) is 0 Å². The van der Waals surface area contributed by atoms with Crippen molar-refractivity contribution in [3.63, 3.8) is 0 Å². The van der Waals surface area contributed by atoms with E-state index in [1.54, 1.807) is 0 Å². The van der Waals surface area contributed by atoms with Gasteiger partial charge in [0.2, 0.25) is 10.0 Å². The molecule has 1 aromatic carbocycles. The summed E-state index contributed by atoms with van der Waals surface area (Å²) in [4.78, 5) is 9.94. The summed E-state index contributed by atoms with van der Waals surface area (Å²) in [6.07, 6.45) is 0. The predicted molar refractivity (Wildman–Crippen MR) is 75.7 cm³/mol. The van der Waals surface area contributed by atoms with Crippen LogP contribution in [0.4, 0.5) is 5.69 Å². The molecule has 0 aliphatic rings. The van der Waals surface area contributed by atoms with Crippen molar-refractivity contribution in [2.45, 2.75) is 31.7 Å². The Kier molecular flexibility index (Phi) is 4.85. The highest BCUT2D eigenvalue weighted by Gasteiger charge is 2.28. The first kappa shape index (κ1) is 16.5. The van der Waals surface area contributed by atoms with E-state index in [1.807, 2.05) is 20.8 Å². The SMILES string of the molecule is CC(C)(C)C(CN)NS(=O)(=O)c1ccc([N+](=O)[O-])cc1. The summed E-state index contributed by atoms with van der Waals surface area (Å²) < 4.78 is 26.9. The van der Waals surface area contributed by atoms with Gasteiger partial charge in [0.25, 0.3) is 5.69 Å². The lowest BCUT2D eigenvalue weighted by Gasteiger charge is -2.30. The smallest absolute Gasteiger partial charge is 0.269 e. The summed E-state index contributed by atoms with van der Waals surface area (Å²) in [6, 6.07) is 4.29. The molecule has 0 aliphatic carbocycles. The largest absolute Gasteiger partial charge is 0.329 e. The van der Waals surface area contributed by atoms with E-state index >= 15 is 0 Å². The van der Waals surface area contributed by atoms with Crippen LogP contribution in [0.1, 0.15) is 20.8 Å². The van der Waals surface area contributed by atoms with E-state index in [0.29, 0.717) is 0 Å². The van der Waals surface area contributed by atoms with Crippen molar-refractivity contribution >= 4 is 15.7 Å². The van der Waals surface area contributed by atoms with Gasteiger partial charge in [-0.25, -0.2) is 13.1 Å². The van der Waals surface area contributed by atoms with Crippen LogP contribution < -0.4 is 10.5 Å². The molecule has 0 spiro atoms. The number of rotatable bonds is 5. The molecule has 8 heteroatoms. The van der Waals surface area contributed by atoms with Crippen molar-refractivity contribution in [2.75, 3.05) is 6.54 Å². The second-order valence-electron chi connectivity index (χ2n) is 5.53. The highest BCUT2D eigenvalue weighted by molar-refractivity contribution is 7.89. The Hall–Kier alpha value is -1.51. The Morgan fingerprint density at radius 1 is 1.30 bits per heavy atom. The molecular weight excluding hydrogens is 282 g/mol. The van der Waals surface area contributed by atoms with E-state index in [4.69, 9.17) is 5.73 Å². The Labute approximate surface area is 118 Å². The monoisotopic (exact) mass is 301 g/mol. The maximum atomic E-state index is 12.2. The lowest BCUT2D eigenvalue weighted by molar-refractivity contribution is -0.384. The molecule has 1 aromatic rings. The van der Waals surface area contributed by atoms with E-state index in [9.17, 15) is 18.5 Å². The van der Waals surface area contributed by atoms with E-state index in [2.05, 4.69) is 4.72 Å². The van der Waals surface area contributed by atoms with Gasteiger partial charge >= 0.3 is 0 Å². The predicted octanol–water partition coefficient (Wildman–Crippen LogP) is 1.25. The Morgan fingerprint density at radius 3 is 2.15 bits per heavy atom. The molecule has 112 valence electrons. The minimum absolute atomic E-state index is 0.0224. The number of nitrogens with one attached hydrogen (secondary N) is 1. The van der Waals surface area contributed by atoms with Crippen LogP contribution in [0.5, 0.6) is 0 Å². The second-order valence-corrected chi connectivity index (χ2v) is 7.24. The number of nitrogens with two attached hydrogens (primary N) is 1. The number of hydrogen-bond acceptors (Lipinski definition) is 5. The van der Waals surface area contributed by atoms with Gasteiger partial charge in [-0.05, 0) is 17.5 Å². The van der Waals surface area contributed by atoms with Gasteiger partial charge in [0, 0.05) is 24.7 Å². The molecule has 0 radical (unpaired) electrons. The molecule has 0 saturated carbocycles. The molecule has 1 rings (SSSR count). The lowest BCUT2D eigenvalue weighted by atomic mass is 9.88. The van der Waals surface area contributed by atoms with Crippen molar-refractivity contribution in [3.8, 4) is 0 Å². The van der Waals surface area contributed by atoms with Crippen LogP contribution in [0.15, 0.2) is 29.2 Å². The minimum Gasteiger partial charge on any atom is -0.329 e. The van der Waals surface area contributed by atoms with Crippen LogP contribution in [-0.2, 0) is 10.0 Å². The number of nitro benzene ring substituents is 1. The summed E-state index contributed by atoms with van der Waals surface area (Å²) in [7, 11) is -3.75. The molecule has 0 amide bonds. The first-order valence-electron chi connectivity index (χ1n) is 6.05. The summed E-state index contributed by atoms with van der Waals surface area (Å²) in [6.45, 7) is 5.80. The molecule has 0 saturated heterocycles. The Bertz CT molecular complexity index is 576. The van der Waals surface area contributed by atoms with Gasteiger partial charge in [0.05, 0.1) is 9.82 Å². The number of sulfonamides is 1. The zero-order valence-electron chi connectivity index (χ0n) is 11.7. The third-order valence-electron chi connectivity index (χ3n) is 2.94. The Morgan fingerprint density at radius 2 is 1.80 bits per heavy atom. The average molecular weight is 301 g/mol. The van der Waals surface area contributed by atoms with E-state index in [-0.39, 0.29) is 22.5 Å². The molecule has 7 nitrogen and oxygen atoms in total. The first-order valence-corrected chi connectivity index (χ1v) is 7.53. The van der Waals surface area contributed by atoms with Crippen LogP contribution in [0.2, 0.25) is 0 Å². The van der Waals surface area contributed by atoms with Crippen LogP contribution in [0.3, 0.4) is 0 Å². The van der Waals surface area contributed by atoms with Crippen molar-refractivity contribution in [3.05, 3.63) is 34.4 Å². The fraction of sp³-hybridized carbons (Fsp3) is 0.500. The van der Waals surface area contributed by atoms with Gasteiger partial charge in [-0.1, -0.05) is 20.8 Å². The summed E-state index contributed by atoms with van der Waals surface area (Å²) >= 11 is 0. The van der Waals surface area contributed by atoms with Crippen molar-refractivity contribution < 1.29 is 13.3 Å². The van der Waals surface area contributed by atoms with Crippen molar-refractivity contribution in [1.29, 1.82) is 0 Å². The highest BCUT2D eigenvalue weighted by Crippen LogP contribution is 2.21. The fourth-order valence-corrected chi connectivity index (χ4v) is 3.04. The number of nitrogens with zero attached hydrogens (tertiary/aromatic N) is 1. The fourth-order valence-electron chi connectivity index (χ4n) is 1.58. The van der Waals surface area contributed by atoms with Gasteiger partial charge in [0.1, 0.15) is 0 Å². The second kappa shape index (κ2) is 5.86. The molecule has 0 aliphatic heterocycles. The van der Waals surface area contributed by atoms with Gasteiger partial charge in [-0.3, -0.25) is 10.1 Å². The topological polar surface area (TPSA) is 115 Å². The van der Waals surface area contributed by atoms with Crippen LogP contribution in [-0.4, -0.2) is 25.9 Å². The normalized spacial score (nSPS) is 14.0. The number of non-ortho nitro benzene ring substituents is 1. The van der Waals surface area contributed by atoms with E-state index in [1.165, 1.54) is 12.1 Å². The molecule has 20 heavy (non-hydrogen) atoms. The van der Waals surface area contributed by atoms with Gasteiger partial charge in [0.15, 0.2) is 0 Å². The van der Waals surface area contributed by atoms with Gasteiger partial charge < -0.3 is 5.73 Å². The summed E-state index contributed by atoms with van der Waals surface area (Å²) in [5.41, 5.74) is 5.10. The number of hydrogen-bond donors (Lipinski definition) is 2. The first-order chi connectivity index (χ1) is 9.08. The third-order valence-corrected chi connectivity index (χ3v) is 4.42. The van der Waals surface area contributed by atoms with Gasteiger partial charge in [-0.15, -0.1) is 0 Å². The van der Waals surface area contributed by atoms with Crippen LogP contribution >= 0.6 is 0 Å². The van der Waals surface area contributed by atoms with Crippen molar-refractivity contribution in [1.82, 2.24) is 4.72 Å². The maximum absolute atomic E-state index is 12.2. The highest BCUT2D eigenvalue weighted by atomic mass is 32.2. The molecule has 0 bridgehead atoms. The lowest BCUT2D eigenvalue weighted by Crippen LogP contribution is -2.48. The molecule has 0 heterocycles. The van der Waals surface area contributed by atoms with Crippen molar-refractivity contribution in [2.24, 2.45) is 11.1 Å². The van der Waals surface area contributed by atoms with Crippen LogP contribution in [0.25, 0.3) is 0 Å². The summed E-state index contributed by atoms with van der Waals surface area (Å²) in [5.74, 6) is 0. The standard InChI is InChI=1S/C12H19N3O4S/c1-12(2,3)11(8-13)14-20(18,19)10-6-4-9(5-7-10)15(16)17/h4-7,11,14H,8,13H2,1-3H3. The molecular formula is C12H19N3O4S. The number of nitro groups is 1. The molecule has 3 N–H and O–H groups in total. The third kappa shape index (κ3) is 3.99. The average Bonchev–Trinajstić information content (AvgIpc) is 2.34. The Balaban J connectivity index is 3.02. The molecule has 0 fully saturated rings.